The van der Waals surface area contributed by atoms with Gasteiger partial charge < -0.3 is 10.2 Å². The van der Waals surface area contributed by atoms with Gasteiger partial charge in [0, 0.05) is 0 Å². The standard InChI is InChI=1S/C15H16O2/c1-9-4-10(2)6-12(5-9)13-7-11(3)15(17)14(16)8-13/h4-8,16-17H,1-3H3. The second-order valence-corrected chi connectivity index (χ2v) is 4.54. The summed E-state index contributed by atoms with van der Waals surface area (Å²) in [6.45, 7) is 5.87. The van der Waals surface area contributed by atoms with Crippen LogP contribution < -0.4 is 0 Å². The van der Waals surface area contributed by atoms with Gasteiger partial charge in [-0.1, -0.05) is 29.3 Å². The second-order valence-electron chi connectivity index (χ2n) is 4.54. The molecular formula is C15H16O2. The number of benzene rings is 2. The lowest BCUT2D eigenvalue weighted by Crippen LogP contribution is -1.85. The van der Waals surface area contributed by atoms with E-state index in [0.29, 0.717) is 5.56 Å². The minimum absolute atomic E-state index is 0.0434. The third-order valence-electron chi connectivity index (χ3n) is 2.84. The summed E-state index contributed by atoms with van der Waals surface area (Å²) in [6.07, 6.45) is 0. The van der Waals surface area contributed by atoms with Crippen molar-refractivity contribution in [3.05, 3.63) is 47.0 Å². The zero-order chi connectivity index (χ0) is 12.6. The molecule has 2 rings (SSSR count). The molecular weight excluding hydrogens is 212 g/mol. The number of aryl methyl sites for hydroxylation is 3. The van der Waals surface area contributed by atoms with Crippen molar-refractivity contribution in [2.45, 2.75) is 20.8 Å². The Labute approximate surface area is 101 Å². The molecule has 0 fully saturated rings. The first-order valence-electron chi connectivity index (χ1n) is 5.58. The fourth-order valence-electron chi connectivity index (χ4n) is 2.07. The van der Waals surface area contributed by atoms with Crippen LogP contribution in [0.15, 0.2) is 30.3 Å². The fraction of sp³-hybridized carbons (Fsp3) is 0.200. The highest BCUT2D eigenvalue weighted by Gasteiger charge is 2.07. The molecule has 0 aliphatic heterocycles. The third-order valence-corrected chi connectivity index (χ3v) is 2.84. The molecule has 0 amide bonds. The second kappa shape index (κ2) is 4.13. The number of phenolic OH excluding ortho intramolecular Hbond substituents is 2. The maximum atomic E-state index is 9.63. The topological polar surface area (TPSA) is 40.5 Å². The van der Waals surface area contributed by atoms with Crippen LogP contribution >= 0.6 is 0 Å². The van der Waals surface area contributed by atoms with E-state index in [1.54, 1.807) is 13.0 Å². The SMILES string of the molecule is Cc1cc(C)cc(-c2cc(C)c(O)c(O)c2)c1. The third kappa shape index (κ3) is 2.26. The molecule has 2 nitrogen and oxygen atoms in total. The molecule has 0 bridgehead atoms. The van der Waals surface area contributed by atoms with Crippen LogP contribution in [0.5, 0.6) is 11.5 Å². The van der Waals surface area contributed by atoms with Crippen molar-refractivity contribution < 1.29 is 10.2 Å². The average Bonchev–Trinajstić information content (AvgIpc) is 2.23. The fourth-order valence-corrected chi connectivity index (χ4v) is 2.07. The van der Waals surface area contributed by atoms with Crippen molar-refractivity contribution in [1.82, 2.24) is 0 Å². The Kier molecular flexibility index (Phi) is 2.80. The lowest BCUT2D eigenvalue weighted by molar-refractivity contribution is 0.401. The molecule has 0 aliphatic carbocycles. The van der Waals surface area contributed by atoms with Crippen LogP contribution in [0.4, 0.5) is 0 Å². The average molecular weight is 228 g/mol. The summed E-state index contributed by atoms with van der Waals surface area (Å²) in [5.74, 6) is -0.114. The van der Waals surface area contributed by atoms with E-state index in [9.17, 15) is 10.2 Å². The Morgan fingerprint density at radius 3 is 1.76 bits per heavy atom. The van der Waals surface area contributed by atoms with Crippen molar-refractivity contribution >= 4 is 0 Å². The van der Waals surface area contributed by atoms with E-state index in [2.05, 4.69) is 18.2 Å². The summed E-state index contributed by atoms with van der Waals surface area (Å²) >= 11 is 0. The van der Waals surface area contributed by atoms with Crippen molar-refractivity contribution in [2.24, 2.45) is 0 Å². The molecule has 17 heavy (non-hydrogen) atoms. The molecule has 2 heteroatoms. The van der Waals surface area contributed by atoms with Gasteiger partial charge in [-0.3, -0.25) is 0 Å². The minimum atomic E-state index is -0.0702. The first kappa shape index (κ1) is 11.5. The molecule has 2 aromatic rings. The Hall–Kier alpha value is -1.96. The van der Waals surface area contributed by atoms with Crippen LogP contribution in [0.1, 0.15) is 16.7 Å². The number of hydrogen-bond acceptors (Lipinski definition) is 2. The predicted molar refractivity (Wildman–Crippen MR) is 69.4 cm³/mol. The Bertz CT molecular complexity index is 528. The van der Waals surface area contributed by atoms with Gasteiger partial charge in [-0.15, -0.1) is 0 Å². The quantitative estimate of drug-likeness (QED) is 0.731. The lowest BCUT2D eigenvalue weighted by Gasteiger charge is -2.09. The van der Waals surface area contributed by atoms with Gasteiger partial charge in [0.05, 0.1) is 0 Å². The molecule has 0 saturated carbocycles. The molecule has 0 heterocycles. The molecule has 0 aromatic heterocycles. The molecule has 88 valence electrons. The van der Waals surface area contributed by atoms with Crippen LogP contribution in [0.2, 0.25) is 0 Å². The summed E-state index contributed by atoms with van der Waals surface area (Å²) in [5.41, 5.74) is 5.03. The van der Waals surface area contributed by atoms with Gasteiger partial charge in [0.1, 0.15) is 0 Å². The summed E-state index contributed by atoms with van der Waals surface area (Å²) in [4.78, 5) is 0. The smallest absolute Gasteiger partial charge is 0.160 e. The van der Waals surface area contributed by atoms with Crippen LogP contribution in [-0.2, 0) is 0 Å². The molecule has 0 radical (unpaired) electrons. The zero-order valence-electron chi connectivity index (χ0n) is 10.3. The predicted octanol–water partition coefficient (Wildman–Crippen LogP) is 3.69. The molecule has 2 aromatic carbocycles. The maximum Gasteiger partial charge on any atom is 0.160 e. The van der Waals surface area contributed by atoms with Gasteiger partial charge in [-0.05, 0) is 49.6 Å². The summed E-state index contributed by atoms with van der Waals surface area (Å²) in [6, 6.07) is 9.72. The monoisotopic (exact) mass is 228 g/mol. The number of rotatable bonds is 1. The van der Waals surface area contributed by atoms with E-state index in [-0.39, 0.29) is 11.5 Å². The van der Waals surface area contributed by atoms with Crippen molar-refractivity contribution in [1.29, 1.82) is 0 Å². The molecule has 0 saturated heterocycles. The van der Waals surface area contributed by atoms with Crippen LogP contribution in [0.25, 0.3) is 11.1 Å². The number of hydrogen-bond donors (Lipinski definition) is 2. The van der Waals surface area contributed by atoms with E-state index in [4.69, 9.17) is 0 Å². The van der Waals surface area contributed by atoms with E-state index in [1.807, 2.05) is 19.9 Å². The highest BCUT2D eigenvalue weighted by atomic mass is 16.3. The summed E-state index contributed by atoms with van der Waals surface area (Å²) < 4.78 is 0. The normalized spacial score (nSPS) is 10.5. The van der Waals surface area contributed by atoms with E-state index in [0.717, 1.165) is 11.1 Å². The number of phenols is 2. The van der Waals surface area contributed by atoms with Gasteiger partial charge in [-0.2, -0.15) is 0 Å². The van der Waals surface area contributed by atoms with Gasteiger partial charge in [-0.25, -0.2) is 0 Å². The van der Waals surface area contributed by atoms with E-state index >= 15 is 0 Å². The Balaban J connectivity index is 2.60. The van der Waals surface area contributed by atoms with E-state index in [1.165, 1.54) is 11.1 Å². The highest BCUT2D eigenvalue weighted by Crippen LogP contribution is 2.34. The zero-order valence-corrected chi connectivity index (χ0v) is 10.3. The summed E-state index contributed by atoms with van der Waals surface area (Å²) in [5, 5.41) is 19.2. The lowest BCUT2D eigenvalue weighted by atomic mass is 9.99. The van der Waals surface area contributed by atoms with Gasteiger partial charge >= 0.3 is 0 Å². The van der Waals surface area contributed by atoms with Gasteiger partial charge in [0.15, 0.2) is 11.5 Å². The van der Waals surface area contributed by atoms with Crippen LogP contribution in [-0.4, -0.2) is 10.2 Å². The van der Waals surface area contributed by atoms with Crippen molar-refractivity contribution in [3.63, 3.8) is 0 Å². The van der Waals surface area contributed by atoms with Crippen LogP contribution in [0, 0.1) is 20.8 Å². The largest absolute Gasteiger partial charge is 0.504 e. The first-order chi connectivity index (χ1) is 7.97. The Morgan fingerprint density at radius 2 is 1.24 bits per heavy atom. The van der Waals surface area contributed by atoms with Gasteiger partial charge in [0.2, 0.25) is 0 Å². The van der Waals surface area contributed by atoms with E-state index < -0.39 is 0 Å². The highest BCUT2D eigenvalue weighted by molar-refractivity contribution is 5.69. The molecule has 0 spiro atoms. The summed E-state index contributed by atoms with van der Waals surface area (Å²) in [7, 11) is 0. The first-order valence-corrected chi connectivity index (χ1v) is 5.58. The van der Waals surface area contributed by atoms with Gasteiger partial charge in [0.25, 0.3) is 0 Å². The molecule has 0 atom stereocenters. The molecule has 0 aliphatic rings. The number of aromatic hydroxyl groups is 2. The molecule has 0 unspecified atom stereocenters. The van der Waals surface area contributed by atoms with Crippen LogP contribution in [0.3, 0.4) is 0 Å². The van der Waals surface area contributed by atoms with Crippen molar-refractivity contribution in [3.8, 4) is 22.6 Å². The maximum absolute atomic E-state index is 9.63. The van der Waals surface area contributed by atoms with Crippen molar-refractivity contribution in [2.75, 3.05) is 0 Å². The molecule has 2 N–H and O–H groups in total. The minimum Gasteiger partial charge on any atom is -0.504 e. The Morgan fingerprint density at radius 1 is 0.706 bits per heavy atom.